The molecule has 0 aliphatic carbocycles. The molecule has 11 heteroatoms. The molecule has 4 rings (SSSR count). The van der Waals surface area contributed by atoms with E-state index in [-0.39, 0.29) is 45.0 Å². The molecule has 0 saturated heterocycles. The molecule has 36 heavy (non-hydrogen) atoms. The number of rotatable bonds is 6. The molecule has 1 aromatic carbocycles. The third-order valence-electron chi connectivity index (χ3n) is 5.49. The summed E-state index contributed by atoms with van der Waals surface area (Å²) in [6, 6.07) is 10.1. The summed E-state index contributed by atoms with van der Waals surface area (Å²) in [7, 11) is -2.59. The van der Waals surface area contributed by atoms with Gasteiger partial charge in [-0.05, 0) is 56.1 Å². The Balaban J connectivity index is 1.75. The normalized spacial score (nSPS) is 12.4. The van der Waals surface area contributed by atoms with Gasteiger partial charge in [0.15, 0.2) is 5.82 Å². The van der Waals surface area contributed by atoms with E-state index >= 15 is 4.39 Å². The summed E-state index contributed by atoms with van der Waals surface area (Å²) in [5, 5.41) is 22.7. The van der Waals surface area contributed by atoms with Crippen LogP contribution in [-0.2, 0) is 11.0 Å². The molecule has 3 aromatic heterocycles. The number of aryl methyl sites for hydroxylation is 1. The Hall–Kier alpha value is -3.44. The van der Waals surface area contributed by atoms with E-state index in [4.69, 9.17) is 16.9 Å². The summed E-state index contributed by atoms with van der Waals surface area (Å²) in [6.07, 6.45) is -0.0911. The Kier molecular flexibility index (Phi) is 7.05. The molecule has 0 amide bonds. The van der Waals surface area contributed by atoms with Gasteiger partial charge >= 0.3 is 0 Å². The van der Waals surface area contributed by atoms with E-state index in [0.717, 1.165) is 6.07 Å². The van der Waals surface area contributed by atoms with E-state index in [1.165, 1.54) is 24.4 Å². The van der Waals surface area contributed by atoms with Gasteiger partial charge in [-0.1, -0.05) is 11.6 Å². The Morgan fingerprint density at radius 2 is 1.92 bits per heavy atom. The summed E-state index contributed by atoms with van der Waals surface area (Å²) in [4.78, 5) is 12.9. The first-order chi connectivity index (χ1) is 17.0. The standard InChI is InChI=1S/C25H21ClF2N5O2P/c1-13-22(26)25(32-20(34)9-16-8-14(11-29)4-6-17(16)27)24-19(31-13)10-18(28)23(33-24)15-5-7-21(30-12-15)36(2,3)35/h4-8,10,12,20,34H,9H2,1-3H3,(H,31,32)/t20-/m0/s1. The number of fused-ring (bicyclic) bond motifs is 1. The summed E-state index contributed by atoms with van der Waals surface area (Å²) in [5.41, 5.74) is 2.07. The topological polar surface area (TPSA) is 112 Å². The molecule has 7 nitrogen and oxygen atoms in total. The predicted molar refractivity (Wildman–Crippen MR) is 136 cm³/mol. The molecule has 0 unspecified atom stereocenters. The minimum atomic E-state index is -2.59. The monoisotopic (exact) mass is 527 g/mol. The average molecular weight is 528 g/mol. The van der Waals surface area contributed by atoms with Gasteiger partial charge in [-0.25, -0.2) is 18.7 Å². The third-order valence-corrected chi connectivity index (χ3v) is 7.32. The van der Waals surface area contributed by atoms with Crippen molar-refractivity contribution in [2.45, 2.75) is 19.6 Å². The van der Waals surface area contributed by atoms with Crippen molar-refractivity contribution in [1.29, 1.82) is 5.26 Å². The van der Waals surface area contributed by atoms with Gasteiger partial charge in [0.25, 0.3) is 0 Å². The van der Waals surface area contributed by atoms with E-state index in [9.17, 15) is 14.1 Å². The van der Waals surface area contributed by atoms with Crippen molar-refractivity contribution in [3.63, 3.8) is 0 Å². The molecule has 1 atom stereocenters. The Morgan fingerprint density at radius 3 is 2.56 bits per heavy atom. The first-order valence-electron chi connectivity index (χ1n) is 10.8. The lowest BCUT2D eigenvalue weighted by molar-refractivity contribution is 0.203. The number of nitrogens with one attached hydrogen (secondary N) is 1. The number of hydrogen-bond donors (Lipinski definition) is 2. The minimum Gasteiger partial charge on any atom is -0.373 e. The van der Waals surface area contributed by atoms with Crippen LogP contribution in [-0.4, -0.2) is 39.6 Å². The molecule has 0 radical (unpaired) electrons. The molecule has 4 aromatic rings. The van der Waals surface area contributed by atoms with Crippen LogP contribution in [0, 0.1) is 29.9 Å². The van der Waals surface area contributed by atoms with E-state index in [0.29, 0.717) is 16.7 Å². The highest BCUT2D eigenvalue weighted by molar-refractivity contribution is 7.69. The third kappa shape index (κ3) is 5.21. The second kappa shape index (κ2) is 9.90. The van der Waals surface area contributed by atoms with Gasteiger partial charge in [-0.2, -0.15) is 5.26 Å². The molecule has 0 spiro atoms. The number of aliphatic hydroxyl groups excluding tert-OH is 1. The van der Waals surface area contributed by atoms with Gasteiger partial charge in [-0.3, -0.25) is 4.98 Å². The van der Waals surface area contributed by atoms with Crippen LogP contribution in [0.4, 0.5) is 14.5 Å². The lowest BCUT2D eigenvalue weighted by Crippen LogP contribution is -2.23. The van der Waals surface area contributed by atoms with Crippen LogP contribution in [0.2, 0.25) is 5.02 Å². The van der Waals surface area contributed by atoms with Gasteiger partial charge in [0.2, 0.25) is 0 Å². The molecule has 0 saturated carbocycles. The van der Waals surface area contributed by atoms with Gasteiger partial charge in [0.05, 0.1) is 39.0 Å². The SMILES string of the molecule is Cc1nc2cc(F)c(-c3ccc(P(C)(C)=O)nc3)nc2c(N[C@@H](O)Cc2cc(C#N)ccc2F)c1Cl. The maximum atomic E-state index is 15.0. The number of anilines is 1. The second-order valence-corrected chi connectivity index (χ2v) is 12.1. The number of nitriles is 1. The fraction of sp³-hybridized carbons (Fsp3) is 0.200. The van der Waals surface area contributed by atoms with Crippen LogP contribution < -0.4 is 10.8 Å². The van der Waals surface area contributed by atoms with Crippen LogP contribution in [0.3, 0.4) is 0 Å². The maximum absolute atomic E-state index is 15.0. The summed E-state index contributed by atoms with van der Waals surface area (Å²) in [6.45, 7) is 4.80. The lowest BCUT2D eigenvalue weighted by atomic mass is 10.1. The summed E-state index contributed by atoms with van der Waals surface area (Å²) >= 11 is 6.48. The average Bonchev–Trinajstić information content (AvgIpc) is 2.82. The highest BCUT2D eigenvalue weighted by atomic mass is 35.5. The smallest absolute Gasteiger partial charge is 0.151 e. The minimum absolute atomic E-state index is 0.0318. The fourth-order valence-corrected chi connectivity index (χ4v) is 4.62. The van der Waals surface area contributed by atoms with Crippen LogP contribution in [0.1, 0.15) is 16.8 Å². The Bertz CT molecular complexity index is 1570. The van der Waals surface area contributed by atoms with Crippen molar-refractivity contribution in [3.8, 4) is 17.3 Å². The largest absolute Gasteiger partial charge is 0.373 e. The zero-order chi connectivity index (χ0) is 26.2. The van der Waals surface area contributed by atoms with Crippen molar-refractivity contribution in [2.75, 3.05) is 18.6 Å². The van der Waals surface area contributed by atoms with Crippen LogP contribution >= 0.6 is 18.7 Å². The number of benzene rings is 1. The van der Waals surface area contributed by atoms with Crippen LogP contribution in [0.25, 0.3) is 22.3 Å². The van der Waals surface area contributed by atoms with Gasteiger partial charge < -0.3 is 15.0 Å². The molecule has 0 bridgehead atoms. The molecule has 2 N–H and O–H groups in total. The van der Waals surface area contributed by atoms with E-state index in [1.54, 1.807) is 32.4 Å². The number of nitrogens with zero attached hydrogens (tertiary/aromatic N) is 4. The van der Waals surface area contributed by atoms with Crippen LogP contribution in [0.5, 0.6) is 0 Å². The highest BCUT2D eigenvalue weighted by Gasteiger charge is 2.20. The maximum Gasteiger partial charge on any atom is 0.151 e. The van der Waals surface area contributed by atoms with E-state index in [1.807, 2.05) is 6.07 Å². The Morgan fingerprint density at radius 1 is 1.17 bits per heavy atom. The van der Waals surface area contributed by atoms with Crippen LogP contribution in [0.15, 0.2) is 42.6 Å². The molecule has 3 heterocycles. The quantitative estimate of drug-likeness (QED) is 0.267. The van der Waals surface area contributed by atoms with Crippen molar-refractivity contribution < 1.29 is 18.5 Å². The summed E-state index contributed by atoms with van der Waals surface area (Å²) in [5.74, 6) is -1.22. The first-order valence-corrected chi connectivity index (χ1v) is 13.8. The molecule has 0 aliphatic rings. The lowest BCUT2D eigenvalue weighted by Gasteiger charge is -2.19. The number of pyridine rings is 3. The van der Waals surface area contributed by atoms with E-state index < -0.39 is 25.0 Å². The molecule has 0 fully saturated rings. The number of halogens is 3. The number of aliphatic hydroxyl groups is 1. The first kappa shape index (κ1) is 25.6. The van der Waals surface area contributed by atoms with Gasteiger partial charge in [-0.15, -0.1) is 0 Å². The Labute approximate surface area is 211 Å². The van der Waals surface area contributed by atoms with Crippen molar-refractivity contribution in [1.82, 2.24) is 15.0 Å². The summed E-state index contributed by atoms with van der Waals surface area (Å²) < 4.78 is 41.5. The van der Waals surface area contributed by atoms with Crippen molar-refractivity contribution in [2.24, 2.45) is 0 Å². The highest BCUT2D eigenvalue weighted by Crippen LogP contribution is 2.36. The van der Waals surface area contributed by atoms with Crippen molar-refractivity contribution in [3.05, 3.63) is 76.1 Å². The van der Waals surface area contributed by atoms with Crippen molar-refractivity contribution >= 4 is 40.9 Å². The number of aromatic nitrogens is 3. The van der Waals surface area contributed by atoms with Gasteiger partial charge in [0.1, 0.15) is 30.4 Å². The number of hydrogen-bond acceptors (Lipinski definition) is 7. The predicted octanol–water partition coefficient (Wildman–Crippen LogP) is 5.02. The zero-order valence-electron chi connectivity index (χ0n) is 19.6. The molecular weight excluding hydrogens is 507 g/mol. The zero-order valence-corrected chi connectivity index (χ0v) is 21.2. The van der Waals surface area contributed by atoms with E-state index in [2.05, 4.69) is 20.3 Å². The second-order valence-electron chi connectivity index (χ2n) is 8.61. The fourth-order valence-electron chi connectivity index (χ4n) is 3.67. The van der Waals surface area contributed by atoms with Gasteiger partial charge in [0, 0.05) is 24.2 Å². The molecule has 0 aliphatic heterocycles. The molecular formula is C25H21ClF2N5O2P. The molecule has 184 valence electrons.